The number of sulfonamides is 1. The van der Waals surface area contributed by atoms with E-state index < -0.39 is 16.0 Å². The standard InChI is InChI=1S/C13H14N2O5S/c1-19-13(16)11-3-2-10(14)6-12(11)21(17,18)15-7-9-4-5-20-8-9/h2-6,8,15H,7,14H2,1H3. The smallest absolute Gasteiger partial charge is 0.339 e. The molecule has 7 nitrogen and oxygen atoms in total. The quantitative estimate of drug-likeness (QED) is 0.632. The summed E-state index contributed by atoms with van der Waals surface area (Å²) in [5.41, 5.74) is 6.40. The molecule has 1 aromatic carbocycles. The molecule has 3 N–H and O–H groups in total. The van der Waals surface area contributed by atoms with Crippen LogP contribution in [-0.2, 0) is 21.3 Å². The van der Waals surface area contributed by atoms with Gasteiger partial charge in [0.15, 0.2) is 0 Å². The average Bonchev–Trinajstić information content (AvgIpc) is 2.98. The Morgan fingerprint density at radius 1 is 1.38 bits per heavy atom. The molecule has 112 valence electrons. The van der Waals surface area contributed by atoms with E-state index in [9.17, 15) is 13.2 Å². The topological polar surface area (TPSA) is 112 Å². The fourth-order valence-electron chi connectivity index (χ4n) is 1.69. The van der Waals surface area contributed by atoms with E-state index in [1.54, 1.807) is 6.07 Å². The molecular weight excluding hydrogens is 296 g/mol. The molecule has 0 atom stereocenters. The number of nitrogens with one attached hydrogen (secondary N) is 1. The third-order valence-corrected chi connectivity index (χ3v) is 4.19. The predicted molar refractivity (Wildman–Crippen MR) is 74.9 cm³/mol. The number of furan rings is 1. The summed E-state index contributed by atoms with van der Waals surface area (Å²) in [7, 11) is -2.74. The summed E-state index contributed by atoms with van der Waals surface area (Å²) in [5, 5.41) is 0. The number of methoxy groups -OCH3 is 1. The SMILES string of the molecule is COC(=O)c1ccc(N)cc1S(=O)(=O)NCc1ccoc1. The largest absolute Gasteiger partial charge is 0.472 e. The van der Waals surface area contributed by atoms with E-state index in [0.717, 1.165) is 0 Å². The molecule has 2 rings (SSSR count). The Kier molecular flexibility index (Phi) is 4.29. The Morgan fingerprint density at radius 3 is 2.76 bits per heavy atom. The van der Waals surface area contributed by atoms with E-state index in [1.807, 2.05) is 0 Å². The third kappa shape index (κ3) is 3.41. The van der Waals surface area contributed by atoms with Gasteiger partial charge in [0.2, 0.25) is 10.0 Å². The van der Waals surface area contributed by atoms with Crippen molar-refractivity contribution in [1.29, 1.82) is 0 Å². The highest BCUT2D eigenvalue weighted by atomic mass is 32.2. The average molecular weight is 310 g/mol. The highest BCUT2D eigenvalue weighted by Crippen LogP contribution is 2.20. The molecule has 2 aromatic rings. The van der Waals surface area contributed by atoms with Crippen LogP contribution in [0.2, 0.25) is 0 Å². The number of esters is 1. The van der Waals surface area contributed by atoms with Gasteiger partial charge in [-0.15, -0.1) is 0 Å². The summed E-state index contributed by atoms with van der Waals surface area (Å²) in [5.74, 6) is -0.751. The summed E-state index contributed by atoms with van der Waals surface area (Å²) in [6.45, 7) is 0.0360. The highest BCUT2D eigenvalue weighted by Gasteiger charge is 2.23. The van der Waals surface area contributed by atoms with E-state index in [1.165, 1.54) is 37.8 Å². The number of carbonyl (C=O) groups excluding carboxylic acids is 1. The van der Waals surface area contributed by atoms with Gasteiger partial charge in [-0.1, -0.05) is 0 Å². The molecule has 0 radical (unpaired) electrons. The molecule has 0 saturated heterocycles. The molecule has 0 aliphatic rings. The number of nitrogen functional groups attached to an aromatic ring is 1. The van der Waals surface area contributed by atoms with Gasteiger partial charge >= 0.3 is 5.97 Å². The van der Waals surface area contributed by atoms with Crippen molar-refractivity contribution in [2.24, 2.45) is 0 Å². The minimum Gasteiger partial charge on any atom is -0.472 e. The minimum absolute atomic E-state index is 0.0360. The monoisotopic (exact) mass is 310 g/mol. The molecule has 0 unspecified atom stereocenters. The second kappa shape index (κ2) is 5.98. The molecule has 0 bridgehead atoms. The van der Waals surface area contributed by atoms with Crippen molar-refractivity contribution in [3.05, 3.63) is 47.9 Å². The first-order valence-electron chi connectivity index (χ1n) is 5.92. The maximum atomic E-state index is 12.3. The summed E-state index contributed by atoms with van der Waals surface area (Å²) in [4.78, 5) is 11.4. The lowest BCUT2D eigenvalue weighted by molar-refractivity contribution is 0.0596. The van der Waals surface area contributed by atoms with Crippen LogP contribution in [0.3, 0.4) is 0 Å². The van der Waals surface area contributed by atoms with Gasteiger partial charge in [-0.25, -0.2) is 17.9 Å². The Bertz CT molecular complexity index is 738. The Morgan fingerprint density at radius 2 is 2.14 bits per heavy atom. The van der Waals surface area contributed by atoms with Gasteiger partial charge in [0.25, 0.3) is 0 Å². The summed E-state index contributed by atoms with van der Waals surface area (Å²) < 4.78 is 36.4. The van der Waals surface area contributed by atoms with Crippen LogP contribution in [0.5, 0.6) is 0 Å². The lowest BCUT2D eigenvalue weighted by Gasteiger charge is -2.10. The fourth-order valence-corrected chi connectivity index (χ4v) is 2.93. The molecule has 8 heteroatoms. The molecule has 0 saturated carbocycles. The number of nitrogens with two attached hydrogens (primary N) is 1. The van der Waals surface area contributed by atoms with E-state index in [2.05, 4.69) is 9.46 Å². The van der Waals surface area contributed by atoms with Crippen molar-refractivity contribution in [2.75, 3.05) is 12.8 Å². The van der Waals surface area contributed by atoms with Gasteiger partial charge < -0.3 is 14.9 Å². The molecule has 0 aliphatic heterocycles. The number of carbonyl (C=O) groups is 1. The van der Waals surface area contributed by atoms with Crippen molar-refractivity contribution in [1.82, 2.24) is 4.72 Å². The Balaban J connectivity index is 2.34. The number of benzene rings is 1. The summed E-state index contributed by atoms with van der Waals surface area (Å²) in [6.07, 6.45) is 2.85. The molecule has 1 aromatic heterocycles. The van der Waals surface area contributed by atoms with E-state index in [4.69, 9.17) is 10.2 Å². The van der Waals surface area contributed by atoms with Gasteiger partial charge in [-0.05, 0) is 24.3 Å². The van der Waals surface area contributed by atoms with Crippen LogP contribution in [-0.4, -0.2) is 21.5 Å². The van der Waals surface area contributed by atoms with Gasteiger partial charge in [0.1, 0.15) is 0 Å². The minimum atomic E-state index is -3.92. The van der Waals surface area contributed by atoms with Crippen LogP contribution in [0.15, 0.2) is 46.1 Å². The van der Waals surface area contributed by atoms with Gasteiger partial charge in [0, 0.05) is 17.8 Å². The maximum absolute atomic E-state index is 12.3. The first-order chi connectivity index (χ1) is 9.94. The van der Waals surface area contributed by atoms with Crippen LogP contribution in [0.25, 0.3) is 0 Å². The molecule has 0 amide bonds. The van der Waals surface area contributed by atoms with Crippen LogP contribution < -0.4 is 10.5 Å². The van der Waals surface area contributed by atoms with E-state index >= 15 is 0 Å². The zero-order chi connectivity index (χ0) is 15.5. The number of ether oxygens (including phenoxy) is 1. The van der Waals surface area contributed by atoms with Gasteiger partial charge in [0.05, 0.1) is 30.1 Å². The van der Waals surface area contributed by atoms with Crippen molar-refractivity contribution in [3.8, 4) is 0 Å². The third-order valence-electron chi connectivity index (χ3n) is 2.75. The van der Waals surface area contributed by atoms with E-state index in [0.29, 0.717) is 5.56 Å². The van der Waals surface area contributed by atoms with Crippen molar-refractivity contribution >= 4 is 21.7 Å². The highest BCUT2D eigenvalue weighted by molar-refractivity contribution is 7.89. The van der Waals surface area contributed by atoms with Crippen molar-refractivity contribution in [2.45, 2.75) is 11.4 Å². The second-order valence-corrected chi connectivity index (χ2v) is 5.94. The maximum Gasteiger partial charge on any atom is 0.339 e. The van der Waals surface area contributed by atoms with Crippen LogP contribution >= 0.6 is 0 Å². The van der Waals surface area contributed by atoms with Gasteiger partial charge in [-0.3, -0.25) is 0 Å². The molecule has 1 heterocycles. The number of rotatable bonds is 5. The lowest BCUT2D eigenvalue weighted by atomic mass is 10.2. The van der Waals surface area contributed by atoms with Crippen LogP contribution in [0, 0.1) is 0 Å². The molecule has 21 heavy (non-hydrogen) atoms. The predicted octanol–water partition coefficient (Wildman–Crippen LogP) is 1.13. The summed E-state index contributed by atoms with van der Waals surface area (Å²) >= 11 is 0. The van der Waals surface area contributed by atoms with E-state index in [-0.39, 0.29) is 22.7 Å². The number of hydrogen-bond acceptors (Lipinski definition) is 6. The number of hydrogen-bond donors (Lipinski definition) is 2. The molecular formula is C13H14N2O5S. The molecule has 0 fully saturated rings. The van der Waals surface area contributed by atoms with Crippen LogP contribution in [0.1, 0.15) is 15.9 Å². The second-order valence-electron chi connectivity index (χ2n) is 4.20. The first-order valence-corrected chi connectivity index (χ1v) is 7.41. The Hall–Kier alpha value is -2.32. The lowest BCUT2D eigenvalue weighted by Crippen LogP contribution is -2.25. The summed E-state index contributed by atoms with van der Waals surface area (Å²) in [6, 6.07) is 5.59. The van der Waals surface area contributed by atoms with Crippen LogP contribution in [0.4, 0.5) is 5.69 Å². The zero-order valence-corrected chi connectivity index (χ0v) is 12.0. The Labute approximate surface area is 121 Å². The fraction of sp³-hybridized carbons (Fsp3) is 0.154. The normalized spacial score (nSPS) is 11.3. The number of anilines is 1. The van der Waals surface area contributed by atoms with Crippen molar-refractivity contribution < 1.29 is 22.4 Å². The molecule has 0 spiro atoms. The van der Waals surface area contributed by atoms with Gasteiger partial charge in [-0.2, -0.15) is 0 Å². The molecule has 0 aliphatic carbocycles. The first kappa shape index (κ1) is 15.1. The van der Waals surface area contributed by atoms with Crippen molar-refractivity contribution in [3.63, 3.8) is 0 Å². The zero-order valence-electron chi connectivity index (χ0n) is 11.2.